The number of nitrogens with zero attached hydrogens (tertiary/aromatic N) is 5. The average Bonchev–Trinajstić information content (AvgIpc) is 3.03. The van der Waals surface area contributed by atoms with E-state index in [1.54, 1.807) is 10.9 Å². The molecule has 0 spiro atoms. The molecule has 0 N–H and O–H groups in total. The van der Waals surface area contributed by atoms with Gasteiger partial charge in [-0.3, -0.25) is 4.98 Å². The molecule has 1 aliphatic heterocycles. The average molecular weight is 351 g/mol. The normalized spacial score (nSPS) is 19.5. The fourth-order valence-corrected chi connectivity index (χ4v) is 3.45. The predicted octanol–water partition coefficient (Wildman–Crippen LogP) is 0.563. The first kappa shape index (κ1) is 17.0. The molecule has 2 aromatic rings. The van der Waals surface area contributed by atoms with E-state index in [-0.39, 0.29) is 6.10 Å². The summed E-state index contributed by atoms with van der Waals surface area (Å²) in [7, 11) is -3.20. The summed E-state index contributed by atoms with van der Waals surface area (Å²) < 4.78 is 32.1. The Balaban J connectivity index is 1.67. The second-order valence-electron chi connectivity index (χ2n) is 5.84. The molecule has 8 nitrogen and oxygen atoms in total. The van der Waals surface area contributed by atoms with Gasteiger partial charge in [0.2, 0.25) is 10.0 Å². The summed E-state index contributed by atoms with van der Waals surface area (Å²) in [4.78, 5) is 4.39. The lowest BCUT2D eigenvalue weighted by Gasteiger charge is -2.30. The van der Waals surface area contributed by atoms with Crippen LogP contribution in [-0.4, -0.2) is 64.8 Å². The van der Waals surface area contributed by atoms with E-state index in [1.165, 1.54) is 16.1 Å². The molecule has 1 fully saturated rings. The van der Waals surface area contributed by atoms with E-state index >= 15 is 0 Å². The first-order valence-corrected chi connectivity index (χ1v) is 9.72. The van der Waals surface area contributed by atoms with Crippen LogP contribution >= 0.6 is 0 Å². The number of hydrogen-bond donors (Lipinski definition) is 0. The molecule has 0 unspecified atom stereocenters. The minimum absolute atomic E-state index is 0.238. The van der Waals surface area contributed by atoms with Gasteiger partial charge < -0.3 is 4.74 Å². The highest BCUT2D eigenvalue weighted by Gasteiger charge is 2.27. The van der Waals surface area contributed by atoms with Gasteiger partial charge in [-0.15, -0.1) is 5.10 Å². The highest BCUT2D eigenvalue weighted by molar-refractivity contribution is 7.88. The van der Waals surface area contributed by atoms with Gasteiger partial charge in [-0.05, 0) is 18.1 Å². The van der Waals surface area contributed by atoms with Crippen LogP contribution in [0.25, 0.3) is 11.4 Å². The topological polar surface area (TPSA) is 90.2 Å². The van der Waals surface area contributed by atoms with Gasteiger partial charge in [-0.25, -0.2) is 13.1 Å². The Hall–Kier alpha value is -1.84. The molecule has 1 atom stereocenters. The second kappa shape index (κ2) is 6.96. The molecular formula is C15H21N5O3S. The Morgan fingerprint density at radius 3 is 2.83 bits per heavy atom. The van der Waals surface area contributed by atoms with Gasteiger partial charge in [-0.1, -0.05) is 18.2 Å². The van der Waals surface area contributed by atoms with E-state index in [2.05, 4.69) is 22.2 Å². The van der Waals surface area contributed by atoms with Crippen LogP contribution in [0, 0.1) is 0 Å². The molecule has 0 radical (unpaired) electrons. The molecule has 0 aromatic carbocycles. The number of sulfonamides is 1. The predicted molar refractivity (Wildman–Crippen MR) is 88.8 cm³/mol. The Labute approximate surface area is 141 Å². The van der Waals surface area contributed by atoms with Gasteiger partial charge in [0.1, 0.15) is 5.69 Å². The van der Waals surface area contributed by atoms with Crippen molar-refractivity contribution in [3.63, 3.8) is 0 Å². The first-order valence-electron chi connectivity index (χ1n) is 7.88. The number of morpholine rings is 1. The van der Waals surface area contributed by atoms with E-state index in [0.717, 1.165) is 12.1 Å². The second-order valence-corrected chi connectivity index (χ2v) is 7.83. The maximum absolute atomic E-state index is 11.7. The van der Waals surface area contributed by atoms with Crippen molar-refractivity contribution in [2.45, 2.75) is 26.0 Å². The standard InChI is InChI=1S/C15H21N5O3S/c1-3-12-4-5-14(16-8-12)15-11-19(18-17-15)9-13-10-20(6-7-23-13)24(2,21)22/h4-5,8,11,13H,3,6-7,9-10H2,1-2H3/t13-/m1/s1. The third kappa shape index (κ3) is 3.97. The molecule has 2 aromatic heterocycles. The summed E-state index contributed by atoms with van der Waals surface area (Å²) in [5.74, 6) is 0. The lowest BCUT2D eigenvalue weighted by molar-refractivity contribution is -0.0120. The summed E-state index contributed by atoms with van der Waals surface area (Å²) in [6.45, 7) is 3.64. The molecular weight excluding hydrogens is 330 g/mol. The molecule has 0 aliphatic carbocycles. The molecule has 130 valence electrons. The molecule has 1 aliphatic rings. The third-order valence-corrected chi connectivity index (χ3v) is 5.26. The number of rotatable bonds is 5. The van der Waals surface area contributed by atoms with E-state index in [1.807, 2.05) is 18.3 Å². The van der Waals surface area contributed by atoms with Gasteiger partial charge in [0.25, 0.3) is 0 Å². The zero-order valence-corrected chi connectivity index (χ0v) is 14.6. The van der Waals surface area contributed by atoms with Crippen LogP contribution in [0.3, 0.4) is 0 Å². The van der Waals surface area contributed by atoms with Crippen LogP contribution < -0.4 is 0 Å². The fourth-order valence-electron chi connectivity index (χ4n) is 2.60. The summed E-state index contributed by atoms with van der Waals surface area (Å²) in [6.07, 6.45) is 5.56. The van der Waals surface area contributed by atoms with Crippen LogP contribution in [0.4, 0.5) is 0 Å². The van der Waals surface area contributed by atoms with Gasteiger partial charge in [0, 0.05) is 19.3 Å². The summed E-state index contributed by atoms with van der Waals surface area (Å²) in [6, 6.07) is 3.95. The molecule has 3 heterocycles. The Morgan fingerprint density at radius 2 is 2.17 bits per heavy atom. The van der Waals surface area contributed by atoms with Crippen molar-refractivity contribution in [3.8, 4) is 11.4 Å². The lowest BCUT2D eigenvalue weighted by Crippen LogP contribution is -2.46. The lowest BCUT2D eigenvalue weighted by atomic mass is 10.2. The number of aryl methyl sites for hydroxylation is 1. The monoisotopic (exact) mass is 351 g/mol. The smallest absolute Gasteiger partial charge is 0.211 e. The largest absolute Gasteiger partial charge is 0.374 e. The van der Waals surface area contributed by atoms with E-state index in [9.17, 15) is 8.42 Å². The van der Waals surface area contributed by atoms with Crippen molar-refractivity contribution in [2.75, 3.05) is 26.0 Å². The highest BCUT2D eigenvalue weighted by atomic mass is 32.2. The van der Waals surface area contributed by atoms with Crippen LogP contribution in [0.5, 0.6) is 0 Å². The zero-order valence-electron chi connectivity index (χ0n) is 13.8. The van der Waals surface area contributed by atoms with Gasteiger partial charge >= 0.3 is 0 Å². The molecule has 1 saturated heterocycles. The Morgan fingerprint density at radius 1 is 1.33 bits per heavy atom. The number of aromatic nitrogens is 4. The maximum Gasteiger partial charge on any atom is 0.211 e. The maximum atomic E-state index is 11.7. The molecule has 9 heteroatoms. The SMILES string of the molecule is CCc1ccc(-c2cn(C[C@@H]3CN(S(C)(=O)=O)CCO3)nn2)nc1. The van der Waals surface area contributed by atoms with Gasteiger partial charge in [0.05, 0.1) is 37.4 Å². The summed E-state index contributed by atoms with van der Waals surface area (Å²) >= 11 is 0. The van der Waals surface area contributed by atoms with Gasteiger partial charge in [-0.2, -0.15) is 4.31 Å². The Bertz CT molecular complexity index is 788. The van der Waals surface area contributed by atoms with Crippen LogP contribution in [0.1, 0.15) is 12.5 Å². The molecule has 0 amide bonds. The van der Waals surface area contributed by atoms with Gasteiger partial charge in [0.15, 0.2) is 0 Å². The van der Waals surface area contributed by atoms with Crippen molar-refractivity contribution in [1.82, 2.24) is 24.3 Å². The summed E-state index contributed by atoms with van der Waals surface area (Å²) in [5.41, 5.74) is 2.62. The molecule has 3 rings (SSSR count). The van der Waals surface area contributed by atoms with Crippen molar-refractivity contribution < 1.29 is 13.2 Å². The van der Waals surface area contributed by atoms with E-state index in [0.29, 0.717) is 31.9 Å². The number of ether oxygens (including phenoxy) is 1. The van der Waals surface area contributed by atoms with E-state index < -0.39 is 10.0 Å². The Kier molecular flexibility index (Phi) is 4.93. The van der Waals surface area contributed by atoms with E-state index in [4.69, 9.17) is 4.74 Å². The van der Waals surface area contributed by atoms with Crippen LogP contribution in [-0.2, 0) is 27.7 Å². The highest BCUT2D eigenvalue weighted by Crippen LogP contribution is 2.15. The van der Waals surface area contributed by atoms with Crippen molar-refractivity contribution in [3.05, 3.63) is 30.1 Å². The molecule has 24 heavy (non-hydrogen) atoms. The van der Waals surface area contributed by atoms with Crippen LogP contribution in [0.15, 0.2) is 24.5 Å². The summed E-state index contributed by atoms with van der Waals surface area (Å²) in [5, 5.41) is 8.23. The number of hydrogen-bond acceptors (Lipinski definition) is 6. The fraction of sp³-hybridized carbons (Fsp3) is 0.533. The molecule has 0 saturated carbocycles. The first-order chi connectivity index (χ1) is 11.5. The minimum atomic E-state index is -3.20. The number of pyridine rings is 1. The molecule has 0 bridgehead atoms. The van der Waals surface area contributed by atoms with Crippen molar-refractivity contribution >= 4 is 10.0 Å². The minimum Gasteiger partial charge on any atom is -0.374 e. The van der Waals surface area contributed by atoms with Crippen molar-refractivity contribution in [2.24, 2.45) is 0 Å². The quantitative estimate of drug-likeness (QED) is 0.782. The van der Waals surface area contributed by atoms with Crippen molar-refractivity contribution in [1.29, 1.82) is 0 Å². The third-order valence-electron chi connectivity index (χ3n) is 4.00. The zero-order chi connectivity index (χ0) is 17.2. The van der Waals surface area contributed by atoms with Crippen LogP contribution in [0.2, 0.25) is 0 Å².